The molecule has 0 bridgehead atoms. The number of ether oxygens (including phenoxy) is 1. The van der Waals surface area contributed by atoms with Gasteiger partial charge in [0.05, 0.1) is 12.5 Å². The molecule has 2 aromatic rings. The maximum atomic E-state index is 12.0. The number of amides is 1. The minimum Gasteiger partial charge on any atom is -0.484 e. The number of carbonyl (C=O) groups excluding carboxylic acids is 1. The molecule has 0 fully saturated rings. The Morgan fingerprint density at radius 1 is 1.12 bits per heavy atom. The zero-order valence-corrected chi connectivity index (χ0v) is 13.8. The number of carbonyl (C=O) groups is 2. The maximum absolute atomic E-state index is 12.0. The lowest BCUT2D eigenvalue weighted by Crippen LogP contribution is -2.31. The molecule has 0 aliphatic heterocycles. The Labute approximate surface area is 141 Å². The molecule has 0 aliphatic carbocycles. The Bertz CT molecular complexity index is 710. The highest BCUT2D eigenvalue weighted by atomic mass is 16.5. The van der Waals surface area contributed by atoms with E-state index >= 15 is 0 Å². The van der Waals surface area contributed by atoms with Gasteiger partial charge in [0.1, 0.15) is 5.75 Å². The predicted molar refractivity (Wildman–Crippen MR) is 91.0 cm³/mol. The third kappa shape index (κ3) is 5.12. The van der Waals surface area contributed by atoms with Crippen LogP contribution in [0.3, 0.4) is 0 Å². The van der Waals surface area contributed by atoms with Crippen LogP contribution in [0.25, 0.3) is 0 Å². The topological polar surface area (TPSA) is 75.6 Å². The number of hydrogen-bond acceptors (Lipinski definition) is 3. The van der Waals surface area contributed by atoms with Gasteiger partial charge in [-0.1, -0.05) is 36.4 Å². The van der Waals surface area contributed by atoms with Crippen molar-refractivity contribution in [2.45, 2.75) is 26.3 Å². The van der Waals surface area contributed by atoms with Crippen molar-refractivity contribution in [2.75, 3.05) is 6.61 Å². The number of carboxylic acid groups (broad SMARTS) is 1. The number of carboxylic acids is 1. The van der Waals surface area contributed by atoms with Gasteiger partial charge in [-0.3, -0.25) is 9.59 Å². The van der Waals surface area contributed by atoms with Gasteiger partial charge in [0.15, 0.2) is 6.61 Å². The van der Waals surface area contributed by atoms with Crippen LogP contribution in [0.5, 0.6) is 5.75 Å². The van der Waals surface area contributed by atoms with Gasteiger partial charge in [-0.05, 0) is 42.7 Å². The Morgan fingerprint density at radius 2 is 1.79 bits per heavy atom. The van der Waals surface area contributed by atoms with Crippen LogP contribution in [0.1, 0.15) is 29.7 Å². The second-order valence-electron chi connectivity index (χ2n) is 5.65. The van der Waals surface area contributed by atoms with Gasteiger partial charge in [0.2, 0.25) is 0 Å². The van der Waals surface area contributed by atoms with Crippen LogP contribution in [0.2, 0.25) is 0 Å². The number of hydrogen-bond donors (Lipinski definition) is 2. The molecule has 126 valence electrons. The highest BCUT2D eigenvalue weighted by Crippen LogP contribution is 2.17. The number of nitrogens with one attached hydrogen (secondary N) is 1. The molecule has 0 unspecified atom stereocenters. The van der Waals surface area contributed by atoms with Crippen molar-refractivity contribution in [1.29, 1.82) is 0 Å². The molecule has 0 aliphatic rings. The van der Waals surface area contributed by atoms with Gasteiger partial charge in [0.25, 0.3) is 5.91 Å². The molecular formula is C19H21NO4. The van der Waals surface area contributed by atoms with Gasteiger partial charge >= 0.3 is 5.97 Å². The summed E-state index contributed by atoms with van der Waals surface area (Å²) in [6.45, 7) is 3.85. The van der Waals surface area contributed by atoms with Crippen LogP contribution in [0, 0.1) is 6.92 Å². The molecule has 24 heavy (non-hydrogen) atoms. The van der Waals surface area contributed by atoms with Crippen molar-refractivity contribution in [3.8, 4) is 5.75 Å². The van der Waals surface area contributed by atoms with Crippen molar-refractivity contribution >= 4 is 11.9 Å². The molecule has 1 amide bonds. The van der Waals surface area contributed by atoms with E-state index in [1.807, 2.05) is 38.1 Å². The molecule has 0 saturated heterocycles. The molecule has 0 spiro atoms. The average molecular weight is 327 g/mol. The Hall–Kier alpha value is -2.82. The van der Waals surface area contributed by atoms with Crippen LogP contribution < -0.4 is 10.1 Å². The molecule has 2 rings (SSSR count). The Morgan fingerprint density at radius 3 is 2.42 bits per heavy atom. The Balaban J connectivity index is 1.84. The second kappa shape index (κ2) is 8.15. The lowest BCUT2D eigenvalue weighted by molar-refractivity contribution is -0.136. The van der Waals surface area contributed by atoms with E-state index in [2.05, 4.69) is 5.32 Å². The molecule has 5 heteroatoms. The first-order valence-electron chi connectivity index (χ1n) is 7.74. The summed E-state index contributed by atoms with van der Waals surface area (Å²) in [7, 11) is 0. The minimum absolute atomic E-state index is 0.0330. The molecule has 0 saturated carbocycles. The molecule has 0 heterocycles. The quantitative estimate of drug-likeness (QED) is 0.820. The zero-order valence-electron chi connectivity index (χ0n) is 13.8. The summed E-state index contributed by atoms with van der Waals surface area (Å²) in [6.07, 6.45) is -0.0330. The van der Waals surface area contributed by atoms with Crippen LogP contribution in [-0.2, 0) is 16.0 Å². The van der Waals surface area contributed by atoms with Crippen molar-refractivity contribution in [1.82, 2.24) is 5.32 Å². The molecule has 2 aromatic carbocycles. The van der Waals surface area contributed by atoms with Gasteiger partial charge in [-0.25, -0.2) is 0 Å². The standard InChI is InChI=1S/C19H21NO4/c1-13-5-3-4-6-17(13)14(2)20-18(21)12-24-16-9-7-15(8-10-16)11-19(22)23/h3-10,14H,11-12H2,1-2H3,(H,20,21)(H,22,23)/t14-/m1/s1. The summed E-state index contributed by atoms with van der Waals surface area (Å²) in [5.74, 6) is -0.559. The van der Waals surface area contributed by atoms with Crippen molar-refractivity contribution in [3.63, 3.8) is 0 Å². The lowest BCUT2D eigenvalue weighted by atomic mass is 10.0. The van der Waals surface area contributed by atoms with Crippen LogP contribution >= 0.6 is 0 Å². The minimum atomic E-state index is -0.881. The van der Waals surface area contributed by atoms with E-state index in [0.717, 1.165) is 11.1 Å². The number of aryl methyl sites for hydroxylation is 1. The maximum Gasteiger partial charge on any atom is 0.307 e. The van der Waals surface area contributed by atoms with E-state index in [-0.39, 0.29) is 25.0 Å². The normalized spacial score (nSPS) is 11.6. The average Bonchev–Trinajstić information content (AvgIpc) is 2.54. The van der Waals surface area contributed by atoms with E-state index in [1.165, 1.54) is 0 Å². The summed E-state index contributed by atoms with van der Waals surface area (Å²) in [5.41, 5.74) is 2.89. The van der Waals surface area contributed by atoms with Crippen molar-refractivity contribution in [2.24, 2.45) is 0 Å². The first-order valence-corrected chi connectivity index (χ1v) is 7.74. The summed E-state index contributed by atoms with van der Waals surface area (Å²) in [5, 5.41) is 11.6. The fourth-order valence-corrected chi connectivity index (χ4v) is 2.46. The van der Waals surface area contributed by atoms with E-state index in [1.54, 1.807) is 24.3 Å². The van der Waals surface area contributed by atoms with Gasteiger partial charge in [-0.2, -0.15) is 0 Å². The smallest absolute Gasteiger partial charge is 0.307 e. The summed E-state index contributed by atoms with van der Waals surface area (Å²) in [6, 6.07) is 14.5. The highest BCUT2D eigenvalue weighted by molar-refractivity contribution is 5.78. The van der Waals surface area contributed by atoms with E-state index in [4.69, 9.17) is 9.84 Å². The van der Waals surface area contributed by atoms with Crippen LogP contribution in [-0.4, -0.2) is 23.6 Å². The molecule has 0 radical (unpaired) electrons. The van der Waals surface area contributed by atoms with Gasteiger partial charge in [0, 0.05) is 0 Å². The van der Waals surface area contributed by atoms with E-state index in [9.17, 15) is 9.59 Å². The predicted octanol–water partition coefficient (Wildman–Crippen LogP) is 2.88. The number of aliphatic carboxylic acids is 1. The fraction of sp³-hybridized carbons (Fsp3) is 0.263. The van der Waals surface area contributed by atoms with Crippen LogP contribution in [0.4, 0.5) is 0 Å². The summed E-state index contributed by atoms with van der Waals surface area (Å²) >= 11 is 0. The fourth-order valence-electron chi connectivity index (χ4n) is 2.46. The number of benzene rings is 2. The zero-order chi connectivity index (χ0) is 17.5. The largest absolute Gasteiger partial charge is 0.484 e. The third-order valence-electron chi connectivity index (χ3n) is 3.68. The van der Waals surface area contributed by atoms with E-state index < -0.39 is 5.97 Å². The molecule has 2 N–H and O–H groups in total. The van der Waals surface area contributed by atoms with Crippen molar-refractivity contribution < 1.29 is 19.4 Å². The number of rotatable bonds is 7. The SMILES string of the molecule is Cc1ccccc1[C@@H](C)NC(=O)COc1ccc(CC(=O)O)cc1. The lowest BCUT2D eigenvalue weighted by Gasteiger charge is -2.16. The van der Waals surface area contributed by atoms with Crippen molar-refractivity contribution in [3.05, 3.63) is 65.2 Å². The highest BCUT2D eigenvalue weighted by Gasteiger charge is 2.11. The summed E-state index contributed by atoms with van der Waals surface area (Å²) in [4.78, 5) is 22.6. The van der Waals surface area contributed by atoms with Crippen LogP contribution in [0.15, 0.2) is 48.5 Å². The first-order chi connectivity index (χ1) is 11.5. The molecule has 5 nitrogen and oxygen atoms in total. The second-order valence-corrected chi connectivity index (χ2v) is 5.65. The third-order valence-corrected chi connectivity index (χ3v) is 3.68. The Kier molecular flexibility index (Phi) is 5.95. The van der Waals surface area contributed by atoms with Gasteiger partial charge < -0.3 is 15.2 Å². The summed E-state index contributed by atoms with van der Waals surface area (Å²) < 4.78 is 5.44. The van der Waals surface area contributed by atoms with E-state index in [0.29, 0.717) is 11.3 Å². The molecule has 1 atom stereocenters. The monoisotopic (exact) mass is 327 g/mol. The van der Waals surface area contributed by atoms with Gasteiger partial charge in [-0.15, -0.1) is 0 Å². The first kappa shape index (κ1) is 17.5. The molecule has 0 aromatic heterocycles. The molecular weight excluding hydrogens is 306 g/mol.